The van der Waals surface area contributed by atoms with Gasteiger partial charge in [-0.05, 0) is 56.7 Å². The number of carbonyl (C=O) groups excluding carboxylic acids is 1. The molecule has 160 valence electrons. The van der Waals surface area contributed by atoms with Gasteiger partial charge in [-0.25, -0.2) is 9.97 Å². The first-order valence-electron chi connectivity index (χ1n) is 10.9. The van der Waals surface area contributed by atoms with Gasteiger partial charge in [-0.15, -0.1) is 0 Å². The zero-order valence-electron chi connectivity index (χ0n) is 18.2. The summed E-state index contributed by atoms with van der Waals surface area (Å²) >= 11 is 0. The molecule has 6 nitrogen and oxygen atoms in total. The summed E-state index contributed by atoms with van der Waals surface area (Å²) in [5, 5.41) is 3.25. The van der Waals surface area contributed by atoms with Gasteiger partial charge in [0, 0.05) is 42.3 Å². The van der Waals surface area contributed by atoms with Crippen molar-refractivity contribution in [3.8, 4) is 11.4 Å². The fourth-order valence-corrected chi connectivity index (χ4v) is 4.03. The summed E-state index contributed by atoms with van der Waals surface area (Å²) in [7, 11) is 0. The van der Waals surface area contributed by atoms with E-state index >= 15 is 0 Å². The molecule has 1 fully saturated rings. The zero-order chi connectivity index (χ0) is 21.6. The summed E-state index contributed by atoms with van der Waals surface area (Å²) in [5.74, 6) is 2.09. The van der Waals surface area contributed by atoms with Gasteiger partial charge in [0.05, 0.1) is 6.54 Å². The molecule has 3 heterocycles. The number of amides is 1. The highest BCUT2D eigenvalue weighted by atomic mass is 16.2. The molecule has 0 bridgehead atoms. The number of hydrogen-bond acceptors (Lipinski definition) is 5. The number of hydrogen-bond donors (Lipinski definition) is 1. The maximum atomic E-state index is 12.8. The Hall–Kier alpha value is -3.28. The van der Waals surface area contributed by atoms with E-state index in [0.29, 0.717) is 17.6 Å². The van der Waals surface area contributed by atoms with Crippen LogP contribution in [-0.2, 0) is 11.2 Å². The number of pyridine rings is 1. The van der Waals surface area contributed by atoms with Gasteiger partial charge in [0.25, 0.3) is 0 Å². The topological polar surface area (TPSA) is 71.0 Å². The Morgan fingerprint density at radius 3 is 2.55 bits per heavy atom. The first kappa shape index (κ1) is 21.0. The molecular formula is C25H29N5O. The first-order valence-corrected chi connectivity index (χ1v) is 10.9. The summed E-state index contributed by atoms with van der Waals surface area (Å²) in [6.07, 6.45) is 6.68. The smallest absolute Gasteiger partial charge is 0.241 e. The van der Waals surface area contributed by atoms with Crippen LogP contribution in [0.25, 0.3) is 11.4 Å². The van der Waals surface area contributed by atoms with E-state index in [1.165, 1.54) is 5.56 Å². The van der Waals surface area contributed by atoms with E-state index in [1.807, 2.05) is 30.9 Å². The van der Waals surface area contributed by atoms with Crippen LogP contribution >= 0.6 is 0 Å². The van der Waals surface area contributed by atoms with Crippen molar-refractivity contribution in [1.82, 2.24) is 19.9 Å². The minimum Gasteiger partial charge on any atom is -0.361 e. The summed E-state index contributed by atoms with van der Waals surface area (Å²) in [5.41, 5.74) is 4.10. The second kappa shape index (κ2) is 9.69. The first-order chi connectivity index (χ1) is 15.1. The molecule has 1 N–H and O–H groups in total. The third-order valence-electron chi connectivity index (χ3n) is 6.05. The number of anilines is 1. The van der Waals surface area contributed by atoms with Crippen LogP contribution < -0.4 is 5.32 Å². The zero-order valence-corrected chi connectivity index (χ0v) is 18.2. The molecule has 0 radical (unpaired) electrons. The van der Waals surface area contributed by atoms with Crippen molar-refractivity contribution in [2.45, 2.75) is 33.1 Å². The van der Waals surface area contributed by atoms with Gasteiger partial charge in [-0.1, -0.05) is 30.3 Å². The van der Waals surface area contributed by atoms with Crippen LogP contribution in [0, 0.1) is 19.8 Å². The molecule has 2 aromatic heterocycles. The lowest BCUT2D eigenvalue weighted by atomic mass is 9.90. The molecule has 0 aliphatic carbocycles. The molecular weight excluding hydrogens is 386 g/mol. The number of carbonyl (C=O) groups is 1. The predicted molar refractivity (Wildman–Crippen MR) is 123 cm³/mol. The largest absolute Gasteiger partial charge is 0.361 e. The normalized spacial score (nSPS) is 14.5. The lowest BCUT2D eigenvalue weighted by Gasteiger charge is -2.32. The molecule has 6 heteroatoms. The molecule has 1 amide bonds. The van der Waals surface area contributed by atoms with E-state index in [-0.39, 0.29) is 12.5 Å². The second-order valence-corrected chi connectivity index (χ2v) is 8.22. The standard InChI is InChI=1S/C25H29N5O/c1-18-19(2)28-25(22-9-6-12-26-16-22)29-24(18)27-17-23(31)30-13-10-21(11-14-30)15-20-7-4-3-5-8-20/h3-9,12,16,21H,10-11,13-15,17H2,1-2H3,(H,27,28,29). The molecule has 4 rings (SSSR count). The molecule has 1 aromatic carbocycles. The van der Waals surface area contributed by atoms with Crippen molar-refractivity contribution >= 4 is 11.7 Å². The number of rotatable bonds is 6. The Morgan fingerprint density at radius 2 is 1.84 bits per heavy atom. The Kier molecular flexibility index (Phi) is 6.55. The molecule has 1 aliphatic rings. The maximum absolute atomic E-state index is 12.8. The van der Waals surface area contributed by atoms with Crippen molar-refractivity contribution < 1.29 is 4.79 Å². The van der Waals surface area contributed by atoms with Crippen LogP contribution in [0.2, 0.25) is 0 Å². The highest BCUT2D eigenvalue weighted by molar-refractivity contribution is 5.81. The monoisotopic (exact) mass is 415 g/mol. The fourth-order valence-electron chi connectivity index (χ4n) is 4.03. The molecule has 1 saturated heterocycles. The number of piperidine rings is 1. The fraction of sp³-hybridized carbons (Fsp3) is 0.360. The molecule has 3 aromatic rings. The van der Waals surface area contributed by atoms with Gasteiger partial charge in [0.2, 0.25) is 5.91 Å². The summed E-state index contributed by atoms with van der Waals surface area (Å²) in [4.78, 5) is 28.1. The average molecular weight is 416 g/mol. The summed E-state index contributed by atoms with van der Waals surface area (Å²) < 4.78 is 0. The number of likely N-dealkylation sites (tertiary alicyclic amines) is 1. The van der Waals surface area contributed by atoms with Gasteiger partial charge >= 0.3 is 0 Å². The van der Waals surface area contributed by atoms with Crippen LogP contribution in [0.4, 0.5) is 5.82 Å². The Morgan fingerprint density at radius 1 is 1.06 bits per heavy atom. The summed E-state index contributed by atoms with van der Waals surface area (Å²) in [6, 6.07) is 14.4. The predicted octanol–water partition coefficient (Wildman–Crippen LogP) is 4.05. The summed E-state index contributed by atoms with van der Waals surface area (Å²) in [6.45, 7) is 5.82. The van der Waals surface area contributed by atoms with E-state index in [0.717, 1.165) is 49.2 Å². The Labute approximate surface area is 183 Å². The van der Waals surface area contributed by atoms with Crippen LogP contribution in [0.3, 0.4) is 0 Å². The van der Waals surface area contributed by atoms with Crippen LogP contribution in [0.5, 0.6) is 0 Å². The minimum atomic E-state index is 0.122. The molecule has 0 saturated carbocycles. The molecule has 1 aliphatic heterocycles. The molecule has 0 atom stereocenters. The van der Waals surface area contributed by atoms with E-state index in [2.05, 4.69) is 50.6 Å². The van der Waals surface area contributed by atoms with E-state index in [4.69, 9.17) is 0 Å². The van der Waals surface area contributed by atoms with Crippen molar-refractivity contribution in [1.29, 1.82) is 0 Å². The second-order valence-electron chi connectivity index (χ2n) is 8.22. The van der Waals surface area contributed by atoms with E-state index in [9.17, 15) is 4.79 Å². The highest BCUT2D eigenvalue weighted by Gasteiger charge is 2.23. The van der Waals surface area contributed by atoms with Gasteiger partial charge in [0.1, 0.15) is 5.82 Å². The Bertz CT molecular complexity index is 1010. The lowest BCUT2D eigenvalue weighted by Crippen LogP contribution is -2.41. The van der Waals surface area contributed by atoms with Gasteiger partial charge < -0.3 is 10.2 Å². The van der Waals surface area contributed by atoms with Crippen LogP contribution in [0.1, 0.15) is 29.7 Å². The number of nitrogens with zero attached hydrogens (tertiary/aromatic N) is 4. The van der Waals surface area contributed by atoms with Crippen molar-refractivity contribution in [3.05, 3.63) is 71.7 Å². The highest BCUT2D eigenvalue weighted by Crippen LogP contribution is 2.23. The van der Waals surface area contributed by atoms with Gasteiger partial charge in [0.15, 0.2) is 5.82 Å². The lowest BCUT2D eigenvalue weighted by molar-refractivity contribution is -0.130. The van der Waals surface area contributed by atoms with E-state index < -0.39 is 0 Å². The third kappa shape index (κ3) is 5.26. The molecule has 0 spiro atoms. The minimum absolute atomic E-state index is 0.122. The molecule has 31 heavy (non-hydrogen) atoms. The van der Waals surface area contributed by atoms with Crippen LogP contribution in [-0.4, -0.2) is 45.4 Å². The average Bonchev–Trinajstić information content (AvgIpc) is 2.81. The Balaban J connectivity index is 1.33. The van der Waals surface area contributed by atoms with Gasteiger partial charge in [-0.2, -0.15) is 0 Å². The molecule has 0 unspecified atom stereocenters. The van der Waals surface area contributed by atoms with Crippen molar-refractivity contribution in [2.75, 3.05) is 25.0 Å². The quantitative estimate of drug-likeness (QED) is 0.658. The number of aromatic nitrogens is 3. The van der Waals surface area contributed by atoms with Gasteiger partial charge in [-0.3, -0.25) is 9.78 Å². The maximum Gasteiger partial charge on any atom is 0.241 e. The van der Waals surface area contributed by atoms with Crippen molar-refractivity contribution in [2.24, 2.45) is 5.92 Å². The SMILES string of the molecule is Cc1nc(-c2cccnc2)nc(NCC(=O)N2CCC(Cc3ccccc3)CC2)c1C. The van der Waals surface area contributed by atoms with E-state index in [1.54, 1.807) is 12.4 Å². The number of aryl methyl sites for hydroxylation is 1. The number of benzene rings is 1. The van der Waals surface area contributed by atoms with Crippen molar-refractivity contribution in [3.63, 3.8) is 0 Å². The number of nitrogens with one attached hydrogen (secondary N) is 1. The van der Waals surface area contributed by atoms with Crippen LogP contribution in [0.15, 0.2) is 54.9 Å². The third-order valence-corrected chi connectivity index (χ3v) is 6.05.